The molecule has 6 rings (SSSR count). The van der Waals surface area contributed by atoms with Gasteiger partial charge in [0.2, 0.25) is 10.0 Å². The number of piperidine rings is 1. The minimum Gasteiger partial charge on any atom is -0.313 e. The van der Waals surface area contributed by atoms with Crippen molar-refractivity contribution in [2.45, 2.75) is 50.8 Å². The second-order valence-electron chi connectivity index (χ2n) is 10.6. The Morgan fingerprint density at radius 3 is 2.45 bits per heavy atom. The number of amides is 1. The van der Waals surface area contributed by atoms with Crippen LogP contribution in [0.5, 0.6) is 0 Å². The summed E-state index contributed by atoms with van der Waals surface area (Å²) >= 11 is 3.31. The molecular formula is C29H31N3O3S3. The standard InChI is InChI=1S/C29H31N3O3S3/c1-18-13-15-32(16-14-18)38(34,35)21-10-8-20(9-11-21)27(33)31-29-26(22-12-7-19(2)17-25(22)37-29)28-30-23-5-3-4-6-24(23)36-28/h3-6,8-11,18-19H,7,12-17H2,1-2H3,(H,31,33). The molecule has 1 N–H and O–H groups in total. The molecule has 0 bridgehead atoms. The number of thiophene rings is 1. The third kappa shape index (κ3) is 4.81. The van der Waals surface area contributed by atoms with Crippen LogP contribution in [-0.2, 0) is 22.9 Å². The van der Waals surface area contributed by atoms with Gasteiger partial charge in [-0.05, 0) is 85.9 Å². The van der Waals surface area contributed by atoms with Gasteiger partial charge in [-0.15, -0.1) is 22.7 Å². The Balaban J connectivity index is 1.28. The van der Waals surface area contributed by atoms with Crippen LogP contribution < -0.4 is 5.32 Å². The van der Waals surface area contributed by atoms with Crippen LogP contribution in [0.3, 0.4) is 0 Å². The number of fused-ring (bicyclic) bond motifs is 2. The van der Waals surface area contributed by atoms with Crippen molar-refractivity contribution < 1.29 is 13.2 Å². The van der Waals surface area contributed by atoms with Gasteiger partial charge in [-0.2, -0.15) is 4.31 Å². The second kappa shape index (κ2) is 10.2. The van der Waals surface area contributed by atoms with Crippen LogP contribution in [0.1, 0.15) is 53.9 Å². The fourth-order valence-electron chi connectivity index (χ4n) is 5.37. The molecule has 0 spiro atoms. The summed E-state index contributed by atoms with van der Waals surface area (Å²) in [6, 6.07) is 14.5. The Morgan fingerprint density at radius 1 is 0.974 bits per heavy atom. The van der Waals surface area contributed by atoms with Gasteiger partial charge in [-0.3, -0.25) is 4.79 Å². The third-order valence-electron chi connectivity index (χ3n) is 7.74. The molecular weight excluding hydrogens is 535 g/mol. The molecule has 3 heterocycles. The molecule has 1 amide bonds. The SMILES string of the molecule is CC1CCN(S(=O)(=O)c2ccc(C(=O)Nc3sc4c(c3-c3nc5ccccc5s3)CCC(C)C4)cc2)CC1. The maximum atomic E-state index is 13.4. The van der Waals surface area contributed by atoms with Gasteiger partial charge in [0.05, 0.1) is 15.1 Å². The predicted molar refractivity (Wildman–Crippen MR) is 156 cm³/mol. The first-order chi connectivity index (χ1) is 18.3. The summed E-state index contributed by atoms with van der Waals surface area (Å²) in [6.07, 6.45) is 4.87. The molecule has 4 aromatic rings. The first kappa shape index (κ1) is 25.7. The van der Waals surface area contributed by atoms with E-state index < -0.39 is 10.0 Å². The van der Waals surface area contributed by atoms with Crippen molar-refractivity contribution in [1.29, 1.82) is 0 Å². The molecule has 38 heavy (non-hydrogen) atoms. The summed E-state index contributed by atoms with van der Waals surface area (Å²) in [5.74, 6) is 0.923. The van der Waals surface area contributed by atoms with Gasteiger partial charge in [0.15, 0.2) is 0 Å². The summed E-state index contributed by atoms with van der Waals surface area (Å²) in [7, 11) is -3.55. The number of para-hydroxylation sites is 1. The van der Waals surface area contributed by atoms with Crippen molar-refractivity contribution in [3.63, 3.8) is 0 Å². The number of anilines is 1. The molecule has 1 aliphatic carbocycles. The minimum atomic E-state index is -3.55. The molecule has 6 nitrogen and oxygen atoms in total. The van der Waals surface area contributed by atoms with E-state index in [1.165, 1.54) is 10.4 Å². The van der Waals surface area contributed by atoms with Crippen LogP contribution in [0.2, 0.25) is 0 Å². The lowest BCUT2D eigenvalue weighted by atomic mass is 9.88. The minimum absolute atomic E-state index is 0.236. The number of rotatable bonds is 5. The topological polar surface area (TPSA) is 79.4 Å². The predicted octanol–water partition coefficient (Wildman–Crippen LogP) is 6.82. The quantitative estimate of drug-likeness (QED) is 0.288. The average molecular weight is 566 g/mol. The molecule has 2 aromatic heterocycles. The Morgan fingerprint density at radius 2 is 1.71 bits per heavy atom. The zero-order valence-corrected chi connectivity index (χ0v) is 24.0. The first-order valence-electron chi connectivity index (χ1n) is 13.2. The largest absolute Gasteiger partial charge is 0.313 e. The summed E-state index contributed by atoms with van der Waals surface area (Å²) in [5.41, 5.74) is 3.75. The lowest BCUT2D eigenvalue weighted by molar-refractivity contribution is 0.102. The smallest absolute Gasteiger partial charge is 0.256 e. The zero-order valence-electron chi connectivity index (χ0n) is 21.6. The number of hydrogen-bond donors (Lipinski definition) is 1. The van der Waals surface area contributed by atoms with Gasteiger partial charge in [0.25, 0.3) is 5.91 Å². The Hall–Kier alpha value is -2.59. The second-order valence-corrected chi connectivity index (χ2v) is 14.7. The van der Waals surface area contributed by atoms with Crippen molar-refractivity contribution in [3.05, 3.63) is 64.5 Å². The number of thiazole rings is 1. The van der Waals surface area contributed by atoms with Gasteiger partial charge in [0, 0.05) is 29.1 Å². The van der Waals surface area contributed by atoms with Crippen molar-refractivity contribution in [1.82, 2.24) is 9.29 Å². The number of benzene rings is 2. The van der Waals surface area contributed by atoms with Crippen LogP contribution in [-0.4, -0.2) is 36.7 Å². The molecule has 2 aromatic carbocycles. The summed E-state index contributed by atoms with van der Waals surface area (Å²) in [4.78, 5) is 19.8. The van der Waals surface area contributed by atoms with E-state index in [4.69, 9.17) is 4.98 Å². The molecule has 0 radical (unpaired) electrons. The van der Waals surface area contributed by atoms with Crippen LogP contribution in [0.25, 0.3) is 20.8 Å². The van der Waals surface area contributed by atoms with E-state index in [2.05, 4.69) is 25.2 Å². The third-order valence-corrected chi connectivity index (χ3v) is 11.9. The Bertz CT molecular complexity index is 1560. The van der Waals surface area contributed by atoms with Gasteiger partial charge in [0.1, 0.15) is 10.0 Å². The molecule has 9 heteroatoms. The molecule has 0 saturated carbocycles. The van der Waals surface area contributed by atoms with Crippen LogP contribution in [0.4, 0.5) is 5.00 Å². The lowest BCUT2D eigenvalue weighted by Gasteiger charge is -2.29. The number of aromatic nitrogens is 1. The molecule has 1 unspecified atom stereocenters. The highest BCUT2D eigenvalue weighted by Crippen LogP contribution is 2.47. The number of hydrogen-bond acceptors (Lipinski definition) is 6. The first-order valence-corrected chi connectivity index (χ1v) is 16.3. The van der Waals surface area contributed by atoms with E-state index in [-0.39, 0.29) is 10.8 Å². The Kier molecular flexibility index (Phi) is 6.88. The zero-order chi connectivity index (χ0) is 26.4. The fourth-order valence-corrected chi connectivity index (χ4v) is 9.36. The molecule has 198 valence electrons. The van der Waals surface area contributed by atoms with E-state index in [9.17, 15) is 13.2 Å². The van der Waals surface area contributed by atoms with Crippen LogP contribution in [0.15, 0.2) is 53.4 Å². The number of carbonyl (C=O) groups excluding carboxylic acids is 1. The molecule has 1 saturated heterocycles. The van der Waals surface area contributed by atoms with Gasteiger partial charge < -0.3 is 5.32 Å². The van der Waals surface area contributed by atoms with Crippen molar-refractivity contribution >= 4 is 53.8 Å². The van der Waals surface area contributed by atoms with Gasteiger partial charge in [-0.1, -0.05) is 26.0 Å². The summed E-state index contributed by atoms with van der Waals surface area (Å²) in [5, 5.41) is 4.92. The number of carbonyl (C=O) groups is 1. The summed E-state index contributed by atoms with van der Waals surface area (Å²) in [6.45, 7) is 5.52. The lowest BCUT2D eigenvalue weighted by Crippen LogP contribution is -2.37. The van der Waals surface area contributed by atoms with Gasteiger partial charge >= 0.3 is 0 Å². The summed E-state index contributed by atoms with van der Waals surface area (Å²) < 4.78 is 28.9. The molecule has 1 aliphatic heterocycles. The van der Waals surface area contributed by atoms with Crippen molar-refractivity contribution in [2.75, 3.05) is 18.4 Å². The van der Waals surface area contributed by atoms with E-state index in [1.54, 1.807) is 51.2 Å². The highest BCUT2D eigenvalue weighted by molar-refractivity contribution is 7.89. The highest BCUT2D eigenvalue weighted by Gasteiger charge is 2.29. The van der Waals surface area contributed by atoms with Crippen LogP contribution >= 0.6 is 22.7 Å². The maximum Gasteiger partial charge on any atom is 0.256 e. The number of nitrogens with one attached hydrogen (secondary N) is 1. The normalized spacial score (nSPS) is 18.9. The average Bonchev–Trinajstić information content (AvgIpc) is 3.49. The van der Waals surface area contributed by atoms with Crippen LogP contribution in [0, 0.1) is 11.8 Å². The van der Waals surface area contributed by atoms with E-state index in [0.717, 1.165) is 57.9 Å². The van der Waals surface area contributed by atoms with Crippen molar-refractivity contribution in [3.8, 4) is 10.6 Å². The number of nitrogens with zero attached hydrogens (tertiary/aromatic N) is 2. The maximum absolute atomic E-state index is 13.4. The van der Waals surface area contributed by atoms with Gasteiger partial charge in [-0.25, -0.2) is 13.4 Å². The van der Waals surface area contributed by atoms with E-state index >= 15 is 0 Å². The van der Waals surface area contributed by atoms with E-state index in [0.29, 0.717) is 30.5 Å². The molecule has 2 aliphatic rings. The number of sulfonamides is 1. The molecule has 1 atom stereocenters. The molecule has 1 fully saturated rings. The van der Waals surface area contributed by atoms with E-state index in [1.807, 2.05) is 18.2 Å². The monoisotopic (exact) mass is 565 g/mol. The highest BCUT2D eigenvalue weighted by atomic mass is 32.2. The fraction of sp³-hybridized carbons (Fsp3) is 0.379. The van der Waals surface area contributed by atoms with Crippen molar-refractivity contribution in [2.24, 2.45) is 11.8 Å². The Labute approximate surface area is 231 Å².